The quantitative estimate of drug-likeness (QED) is 0.362. The summed E-state index contributed by atoms with van der Waals surface area (Å²) < 4.78 is 22.0. The van der Waals surface area contributed by atoms with Gasteiger partial charge in [-0.2, -0.15) is 0 Å². The van der Waals surface area contributed by atoms with Crippen LogP contribution in [-0.2, 0) is 0 Å². The van der Waals surface area contributed by atoms with Crippen molar-refractivity contribution in [1.29, 1.82) is 0 Å². The van der Waals surface area contributed by atoms with Gasteiger partial charge in [0.05, 0.1) is 33.9 Å². The first-order chi connectivity index (χ1) is 12.5. The fourth-order valence-corrected chi connectivity index (χ4v) is 4.17. The van der Waals surface area contributed by atoms with E-state index in [2.05, 4.69) is 47.8 Å². The number of carbonyl (C=O) groups is 1. The van der Waals surface area contributed by atoms with Crippen molar-refractivity contribution in [2.45, 2.75) is 9.65 Å². The molecule has 138 valence electrons. The van der Waals surface area contributed by atoms with Gasteiger partial charge in [-0.05, 0) is 39.7 Å². The van der Waals surface area contributed by atoms with Crippen molar-refractivity contribution in [3.05, 3.63) is 45.9 Å². The maximum Gasteiger partial charge on any atom is 0.231 e. The van der Waals surface area contributed by atoms with E-state index >= 15 is 0 Å². The number of rotatable bonds is 6. The van der Waals surface area contributed by atoms with E-state index in [1.54, 1.807) is 19.2 Å². The van der Waals surface area contributed by atoms with E-state index in [4.69, 9.17) is 18.9 Å². The highest BCUT2D eigenvalue weighted by Gasteiger charge is 2.30. The summed E-state index contributed by atoms with van der Waals surface area (Å²) in [6, 6.07) is 8.98. The van der Waals surface area contributed by atoms with Gasteiger partial charge < -0.3 is 18.9 Å². The Morgan fingerprint density at radius 1 is 1.04 bits per heavy atom. The van der Waals surface area contributed by atoms with Gasteiger partial charge in [-0.3, -0.25) is 4.79 Å². The Labute approximate surface area is 176 Å². The van der Waals surface area contributed by atoms with Crippen LogP contribution in [0.5, 0.6) is 23.0 Å². The zero-order valence-corrected chi connectivity index (χ0v) is 18.7. The van der Waals surface area contributed by atoms with E-state index in [0.29, 0.717) is 33.0 Å². The largest absolute Gasteiger partial charge is 0.496 e. The van der Waals surface area contributed by atoms with E-state index < -0.39 is 4.83 Å². The van der Waals surface area contributed by atoms with Crippen molar-refractivity contribution in [2.75, 3.05) is 21.0 Å². The van der Waals surface area contributed by atoms with Gasteiger partial charge in [0.1, 0.15) is 11.5 Å². The van der Waals surface area contributed by atoms with Gasteiger partial charge in [0, 0.05) is 6.07 Å². The van der Waals surface area contributed by atoms with Crippen molar-refractivity contribution in [2.24, 2.45) is 0 Å². The van der Waals surface area contributed by atoms with Crippen LogP contribution in [0.4, 0.5) is 0 Å². The lowest BCUT2D eigenvalue weighted by molar-refractivity contribution is 0.0987. The Morgan fingerprint density at radius 3 is 2.42 bits per heavy atom. The second kappa shape index (κ2) is 8.19. The van der Waals surface area contributed by atoms with E-state index in [1.165, 1.54) is 7.11 Å². The molecule has 2 aromatic carbocycles. The number of ether oxygens (including phenoxy) is 4. The number of hydrogen-bond acceptors (Lipinski definition) is 5. The van der Waals surface area contributed by atoms with Crippen molar-refractivity contribution in [3.8, 4) is 23.0 Å². The van der Waals surface area contributed by atoms with Crippen LogP contribution in [0.15, 0.2) is 34.8 Å². The summed E-state index contributed by atoms with van der Waals surface area (Å²) >= 11 is 10.5. The van der Waals surface area contributed by atoms with Crippen molar-refractivity contribution >= 4 is 53.6 Å². The van der Waals surface area contributed by atoms with Crippen LogP contribution in [0.2, 0.25) is 0 Å². The number of methoxy groups -OCH3 is 2. The zero-order valence-electron chi connectivity index (χ0n) is 13.9. The molecule has 2 aromatic rings. The second-order valence-corrected chi connectivity index (χ2v) is 8.29. The fraction of sp³-hybridized carbons (Fsp3) is 0.278. The Morgan fingerprint density at radius 2 is 1.73 bits per heavy atom. The van der Waals surface area contributed by atoms with E-state index in [0.717, 1.165) is 5.56 Å². The second-order valence-electron chi connectivity index (χ2n) is 5.47. The SMILES string of the molecule is COc1cc(OC)c(C(=O)C(Br)C(Br)c2ccc3c(c2)OCO3)cc1Br. The summed E-state index contributed by atoms with van der Waals surface area (Å²) in [5.74, 6) is 2.29. The van der Waals surface area contributed by atoms with Crippen LogP contribution in [0.3, 0.4) is 0 Å². The van der Waals surface area contributed by atoms with Crippen LogP contribution in [0.1, 0.15) is 20.7 Å². The molecule has 0 amide bonds. The smallest absolute Gasteiger partial charge is 0.231 e. The van der Waals surface area contributed by atoms with Gasteiger partial charge in [-0.15, -0.1) is 0 Å². The first kappa shape index (κ1) is 19.5. The molecule has 1 heterocycles. The molecule has 1 aliphatic rings. The molecule has 0 fully saturated rings. The monoisotopic (exact) mass is 548 g/mol. The van der Waals surface area contributed by atoms with Gasteiger partial charge in [-0.1, -0.05) is 37.9 Å². The average molecular weight is 551 g/mol. The molecule has 0 spiro atoms. The number of halogens is 3. The van der Waals surface area contributed by atoms with Crippen LogP contribution in [0, 0.1) is 0 Å². The van der Waals surface area contributed by atoms with Crippen LogP contribution >= 0.6 is 47.8 Å². The first-order valence-corrected chi connectivity index (χ1v) is 10.2. The predicted octanol–water partition coefficient (Wildman–Crippen LogP) is 5.28. The number of hydrogen-bond donors (Lipinski definition) is 0. The van der Waals surface area contributed by atoms with Crippen molar-refractivity contribution in [3.63, 3.8) is 0 Å². The third-order valence-corrected chi connectivity index (χ3v) is 7.29. The Balaban J connectivity index is 1.88. The summed E-state index contributed by atoms with van der Waals surface area (Å²) in [6.45, 7) is 0.208. The number of alkyl halides is 2. The zero-order chi connectivity index (χ0) is 18.8. The number of benzene rings is 2. The molecule has 26 heavy (non-hydrogen) atoms. The molecule has 0 aliphatic carbocycles. The van der Waals surface area contributed by atoms with Gasteiger partial charge in [0.2, 0.25) is 6.79 Å². The fourth-order valence-electron chi connectivity index (χ4n) is 2.59. The molecule has 0 saturated heterocycles. The van der Waals surface area contributed by atoms with E-state index in [9.17, 15) is 4.79 Å². The van der Waals surface area contributed by atoms with Gasteiger partial charge in [0.15, 0.2) is 17.3 Å². The van der Waals surface area contributed by atoms with Crippen LogP contribution < -0.4 is 18.9 Å². The minimum Gasteiger partial charge on any atom is -0.496 e. The molecule has 0 N–H and O–H groups in total. The third-order valence-electron chi connectivity index (χ3n) is 3.96. The molecule has 2 atom stereocenters. The lowest BCUT2D eigenvalue weighted by Gasteiger charge is -2.19. The van der Waals surface area contributed by atoms with Crippen molar-refractivity contribution in [1.82, 2.24) is 0 Å². The maximum absolute atomic E-state index is 13.1. The highest BCUT2D eigenvalue weighted by molar-refractivity contribution is 9.12. The third kappa shape index (κ3) is 3.73. The minimum atomic E-state index is -0.517. The Bertz CT molecular complexity index is 840. The minimum absolute atomic E-state index is 0.121. The van der Waals surface area contributed by atoms with E-state index in [1.807, 2.05) is 18.2 Å². The number of ketones is 1. The summed E-state index contributed by atoms with van der Waals surface area (Å²) in [5, 5.41) is 0. The molecule has 0 radical (unpaired) electrons. The lowest BCUT2D eigenvalue weighted by atomic mass is 10.0. The maximum atomic E-state index is 13.1. The summed E-state index contributed by atoms with van der Waals surface area (Å²) in [6.07, 6.45) is 0. The van der Waals surface area contributed by atoms with Gasteiger partial charge in [-0.25, -0.2) is 0 Å². The number of carbonyl (C=O) groups excluding carboxylic acids is 1. The lowest BCUT2D eigenvalue weighted by Crippen LogP contribution is -2.20. The molecule has 2 unspecified atom stereocenters. The molecule has 0 aromatic heterocycles. The molecule has 5 nitrogen and oxygen atoms in total. The van der Waals surface area contributed by atoms with Crippen LogP contribution in [0.25, 0.3) is 0 Å². The van der Waals surface area contributed by atoms with Gasteiger partial charge in [0.25, 0.3) is 0 Å². The summed E-state index contributed by atoms with van der Waals surface area (Å²) in [7, 11) is 3.08. The normalized spacial score (nSPS) is 14.7. The molecule has 0 bridgehead atoms. The molecular formula is C18H15Br3O5. The molecule has 0 saturated carbocycles. The van der Waals surface area contributed by atoms with Crippen LogP contribution in [-0.4, -0.2) is 31.6 Å². The summed E-state index contributed by atoms with van der Waals surface area (Å²) in [4.78, 5) is 12.3. The number of fused-ring (bicyclic) bond motifs is 1. The van der Waals surface area contributed by atoms with Gasteiger partial charge >= 0.3 is 0 Å². The summed E-state index contributed by atoms with van der Waals surface area (Å²) in [5.41, 5.74) is 1.35. The Hall–Kier alpha value is -1.25. The molecular weight excluding hydrogens is 536 g/mol. The molecule has 8 heteroatoms. The van der Waals surface area contributed by atoms with E-state index in [-0.39, 0.29) is 17.4 Å². The average Bonchev–Trinajstić information content (AvgIpc) is 3.13. The molecule has 3 rings (SSSR count). The predicted molar refractivity (Wildman–Crippen MR) is 109 cm³/mol. The highest BCUT2D eigenvalue weighted by Crippen LogP contribution is 2.41. The standard InChI is InChI=1S/C18H15Br3O5/c1-23-13-7-14(24-2)11(19)6-10(13)18(22)17(21)16(20)9-3-4-12-15(5-9)26-8-25-12/h3-7,16-17H,8H2,1-2H3. The Kier molecular flexibility index (Phi) is 6.14. The highest BCUT2D eigenvalue weighted by atomic mass is 79.9. The van der Waals surface area contributed by atoms with Crippen molar-refractivity contribution < 1.29 is 23.7 Å². The number of Topliss-reactive ketones (excluding diaryl/α,β-unsaturated/α-hetero) is 1. The molecule has 1 aliphatic heterocycles. The topological polar surface area (TPSA) is 54.0 Å². The first-order valence-electron chi connectivity index (χ1n) is 7.59.